The maximum Gasteiger partial charge on any atom is 0.251 e. The van der Waals surface area contributed by atoms with E-state index in [1.807, 2.05) is 6.08 Å². The minimum Gasteiger partial charge on any atom is -0.384 e. The second kappa shape index (κ2) is 13.0. The van der Waals surface area contributed by atoms with Crippen LogP contribution in [0.3, 0.4) is 0 Å². The summed E-state index contributed by atoms with van der Waals surface area (Å²) in [6, 6.07) is 12.5. The van der Waals surface area contributed by atoms with E-state index in [1.54, 1.807) is 68.5 Å². The molecule has 1 atom stereocenters. The van der Waals surface area contributed by atoms with Crippen LogP contribution in [0, 0.1) is 5.41 Å². The molecule has 0 bridgehead atoms. The molecule has 5 N–H and O–H groups in total. The van der Waals surface area contributed by atoms with E-state index in [9.17, 15) is 22.8 Å². The standard InChI is InChI=1S/C32H37N5O7S/c1-20(2)45(41,42)26-11-9-23(10-12-26)22-5-7-24(8-6-22)30(39)36-18-28(38)37-19-32(43-13-14-44-32)16-27(37)31(40)35-17-21-3-4-25(15-21)29(33)34/h4-12,15,20,27H,3,13-14,16-19H2,1-2H3,(H3,33,34)(H,35,40)(H,36,39). The zero-order chi connectivity index (χ0) is 32.4. The van der Waals surface area contributed by atoms with Crippen molar-refractivity contribution in [2.75, 3.05) is 32.8 Å². The van der Waals surface area contributed by atoms with Gasteiger partial charge in [0.25, 0.3) is 5.91 Å². The van der Waals surface area contributed by atoms with E-state index >= 15 is 0 Å². The predicted molar refractivity (Wildman–Crippen MR) is 167 cm³/mol. The highest BCUT2D eigenvalue weighted by Crippen LogP contribution is 2.35. The fourth-order valence-electron chi connectivity index (χ4n) is 5.53. The Bertz CT molecular complexity index is 1660. The summed E-state index contributed by atoms with van der Waals surface area (Å²) >= 11 is 0. The van der Waals surface area contributed by atoms with Crippen LogP contribution in [0.25, 0.3) is 11.1 Å². The molecular formula is C32H37N5O7S. The molecule has 2 fully saturated rings. The topological polar surface area (TPSA) is 181 Å². The van der Waals surface area contributed by atoms with Gasteiger partial charge in [-0.25, -0.2) is 8.42 Å². The molecule has 0 radical (unpaired) electrons. The van der Waals surface area contributed by atoms with Gasteiger partial charge in [-0.2, -0.15) is 0 Å². The zero-order valence-corrected chi connectivity index (χ0v) is 26.0. The number of benzene rings is 2. The Hall–Kier alpha value is -4.33. The number of rotatable bonds is 10. The SMILES string of the molecule is CC(C)S(=O)(=O)c1ccc(-c2ccc(C(=O)NCC(=O)N3CC4(CC3C(=O)NCC3=CC(C(=N)N)=CC3)OCCO4)cc2)cc1. The maximum atomic E-state index is 13.3. The van der Waals surface area contributed by atoms with Gasteiger partial charge in [-0.3, -0.25) is 19.8 Å². The second-order valence-electron chi connectivity index (χ2n) is 11.5. The molecule has 2 heterocycles. The van der Waals surface area contributed by atoms with Gasteiger partial charge in [0.1, 0.15) is 11.9 Å². The summed E-state index contributed by atoms with van der Waals surface area (Å²) in [4.78, 5) is 41.1. The minimum atomic E-state index is -3.37. The van der Waals surface area contributed by atoms with Crippen LogP contribution in [-0.2, 0) is 28.9 Å². The second-order valence-corrected chi connectivity index (χ2v) is 14.0. The summed E-state index contributed by atoms with van der Waals surface area (Å²) in [6.07, 6.45) is 4.32. The molecular weight excluding hydrogens is 598 g/mol. The summed E-state index contributed by atoms with van der Waals surface area (Å²) in [5, 5.41) is 12.6. The van der Waals surface area contributed by atoms with Gasteiger partial charge in [0.15, 0.2) is 15.6 Å². The van der Waals surface area contributed by atoms with Crippen molar-refractivity contribution in [3.63, 3.8) is 0 Å². The number of hydrogen-bond donors (Lipinski definition) is 4. The van der Waals surface area contributed by atoms with Crippen LogP contribution < -0.4 is 16.4 Å². The van der Waals surface area contributed by atoms with Gasteiger partial charge in [-0.05, 0) is 61.2 Å². The van der Waals surface area contributed by atoms with E-state index in [1.165, 1.54) is 4.90 Å². The number of allylic oxidation sites excluding steroid dienone is 1. The van der Waals surface area contributed by atoms with Crippen LogP contribution in [-0.4, -0.2) is 86.8 Å². The fourth-order valence-corrected chi connectivity index (χ4v) is 6.59. The van der Waals surface area contributed by atoms with E-state index < -0.39 is 38.7 Å². The molecule has 1 unspecified atom stereocenters. The van der Waals surface area contributed by atoms with Crippen molar-refractivity contribution in [1.29, 1.82) is 5.41 Å². The molecule has 0 saturated carbocycles. The van der Waals surface area contributed by atoms with Crippen molar-refractivity contribution in [1.82, 2.24) is 15.5 Å². The minimum absolute atomic E-state index is 0.0364. The maximum absolute atomic E-state index is 13.3. The number of hydrogen-bond acceptors (Lipinski definition) is 8. The molecule has 238 valence electrons. The number of nitrogens with zero attached hydrogens (tertiary/aromatic N) is 1. The highest BCUT2D eigenvalue weighted by Gasteiger charge is 2.52. The first-order valence-corrected chi connectivity index (χ1v) is 16.2. The average molecular weight is 636 g/mol. The average Bonchev–Trinajstić information content (AvgIpc) is 3.79. The molecule has 1 spiro atoms. The van der Waals surface area contributed by atoms with Crippen LogP contribution in [0.15, 0.2) is 76.7 Å². The Morgan fingerprint density at radius 3 is 2.22 bits per heavy atom. The predicted octanol–water partition coefficient (Wildman–Crippen LogP) is 1.92. The zero-order valence-electron chi connectivity index (χ0n) is 25.2. The van der Waals surface area contributed by atoms with Crippen molar-refractivity contribution in [3.8, 4) is 11.1 Å². The molecule has 2 saturated heterocycles. The van der Waals surface area contributed by atoms with Crippen LogP contribution in [0.1, 0.15) is 37.0 Å². The van der Waals surface area contributed by atoms with E-state index in [0.717, 1.165) is 16.7 Å². The third kappa shape index (κ3) is 7.00. The van der Waals surface area contributed by atoms with Gasteiger partial charge in [0, 0.05) is 24.1 Å². The number of sulfone groups is 1. The number of nitrogens with two attached hydrogens (primary N) is 1. The lowest BCUT2D eigenvalue weighted by Gasteiger charge is -2.24. The van der Waals surface area contributed by atoms with Crippen molar-refractivity contribution in [2.24, 2.45) is 5.73 Å². The number of nitrogens with one attached hydrogen (secondary N) is 3. The van der Waals surface area contributed by atoms with Gasteiger partial charge in [-0.1, -0.05) is 36.4 Å². The quantitative estimate of drug-likeness (QED) is 0.226. The Kier molecular flexibility index (Phi) is 9.23. The van der Waals surface area contributed by atoms with Crippen molar-refractivity contribution in [3.05, 3.63) is 77.4 Å². The highest BCUT2D eigenvalue weighted by atomic mass is 32.2. The van der Waals surface area contributed by atoms with Gasteiger partial charge in [0.05, 0.1) is 36.4 Å². The molecule has 45 heavy (non-hydrogen) atoms. The van der Waals surface area contributed by atoms with E-state index in [2.05, 4.69) is 10.6 Å². The number of amidine groups is 1. The summed E-state index contributed by atoms with van der Waals surface area (Å²) < 4.78 is 36.4. The van der Waals surface area contributed by atoms with Crippen LogP contribution in [0.5, 0.6) is 0 Å². The van der Waals surface area contributed by atoms with Crippen molar-refractivity contribution >= 4 is 33.4 Å². The number of carbonyl (C=O) groups excluding carboxylic acids is 3. The number of likely N-dealkylation sites (tertiary alicyclic amines) is 1. The number of carbonyl (C=O) groups is 3. The normalized spacial score (nSPS) is 19.0. The Morgan fingerprint density at radius 1 is 1.02 bits per heavy atom. The Labute approximate surface area is 262 Å². The Morgan fingerprint density at radius 2 is 1.64 bits per heavy atom. The van der Waals surface area contributed by atoms with E-state index in [-0.39, 0.29) is 42.7 Å². The molecule has 5 rings (SSSR count). The molecule has 3 amide bonds. The van der Waals surface area contributed by atoms with Gasteiger partial charge in [0.2, 0.25) is 11.8 Å². The molecule has 3 aliphatic rings. The molecule has 12 nitrogen and oxygen atoms in total. The number of ether oxygens (including phenoxy) is 2. The smallest absolute Gasteiger partial charge is 0.251 e. The molecule has 2 aromatic rings. The van der Waals surface area contributed by atoms with E-state index in [0.29, 0.717) is 30.8 Å². The Balaban J connectivity index is 1.19. The van der Waals surface area contributed by atoms with Crippen LogP contribution >= 0.6 is 0 Å². The van der Waals surface area contributed by atoms with Gasteiger partial charge < -0.3 is 30.7 Å². The molecule has 0 aromatic heterocycles. The third-order valence-corrected chi connectivity index (χ3v) is 10.3. The summed E-state index contributed by atoms with van der Waals surface area (Å²) in [6.45, 7) is 3.96. The first-order chi connectivity index (χ1) is 21.4. The van der Waals surface area contributed by atoms with Crippen molar-refractivity contribution in [2.45, 2.75) is 48.7 Å². The number of amides is 3. The summed E-state index contributed by atoms with van der Waals surface area (Å²) in [5.41, 5.74) is 8.97. The third-order valence-electron chi connectivity index (χ3n) is 8.16. The van der Waals surface area contributed by atoms with Crippen LogP contribution in [0.2, 0.25) is 0 Å². The fraction of sp³-hybridized carbons (Fsp3) is 0.375. The molecule has 2 aliphatic heterocycles. The highest BCUT2D eigenvalue weighted by molar-refractivity contribution is 7.92. The molecule has 2 aromatic carbocycles. The van der Waals surface area contributed by atoms with E-state index in [4.69, 9.17) is 20.6 Å². The first kappa shape index (κ1) is 32.1. The lowest BCUT2D eigenvalue weighted by Crippen LogP contribution is -2.49. The summed E-state index contributed by atoms with van der Waals surface area (Å²) in [5.74, 6) is -2.38. The van der Waals surface area contributed by atoms with Crippen LogP contribution in [0.4, 0.5) is 0 Å². The molecule has 13 heteroatoms. The lowest BCUT2D eigenvalue weighted by atomic mass is 10.0. The monoisotopic (exact) mass is 635 g/mol. The van der Waals surface area contributed by atoms with Gasteiger partial charge in [-0.15, -0.1) is 0 Å². The molecule has 1 aliphatic carbocycles. The first-order valence-electron chi connectivity index (χ1n) is 14.7. The lowest BCUT2D eigenvalue weighted by molar-refractivity contribution is -0.152. The summed E-state index contributed by atoms with van der Waals surface area (Å²) in [7, 11) is -3.37. The van der Waals surface area contributed by atoms with Crippen molar-refractivity contribution < 1.29 is 32.3 Å². The largest absolute Gasteiger partial charge is 0.384 e. The van der Waals surface area contributed by atoms with Gasteiger partial charge >= 0.3 is 0 Å².